The third kappa shape index (κ3) is 3.35. The van der Waals surface area contributed by atoms with Gasteiger partial charge in [-0.1, -0.05) is 6.42 Å². The molecular formula is C16H22FNO3. The lowest BCUT2D eigenvalue weighted by Crippen LogP contribution is -2.52. The van der Waals surface area contributed by atoms with Gasteiger partial charge in [-0.3, -0.25) is 4.79 Å². The number of nitrogens with two attached hydrogens (primary N) is 1. The Hall–Kier alpha value is -1.62. The Morgan fingerprint density at radius 3 is 2.95 bits per heavy atom. The Bertz CT molecular complexity index is 520. The molecule has 0 amide bonds. The second kappa shape index (κ2) is 6.43. The fourth-order valence-corrected chi connectivity index (χ4v) is 2.99. The maximum Gasteiger partial charge on any atom is 0.326 e. The van der Waals surface area contributed by atoms with E-state index in [1.807, 2.05) is 0 Å². The maximum absolute atomic E-state index is 13.2. The van der Waals surface area contributed by atoms with Crippen molar-refractivity contribution in [2.24, 2.45) is 11.7 Å². The lowest BCUT2D eigenvalue weighted by atomic mass is 9.86. The number of halogens is 1. The summed E-state index contributed by atoms with van der Waals surface area (Å²) in [5, 5.41) is 0. The van der Waals surface area contributed by atoms with Gasteiger partial charge >= 0.3 is 5.97 Å². The Morgan fingerprint density at radius 2 is 2.29 bits per heavy atom. The van der Waals surface area contributed by atoms with Crippen molar-refractivity contribution >= 4 is 5.97 Å². The van der Waals surface area contributed by atoms with Crippen LogP contribution in [0.5, 0.6) is 5.75 Å². The van der Waals surface area contributed by atoms with Crippen LogP contribution in [0.2, 0.25) is 0 Å². The highest BCUT2D eigenvalue weighted by molar-refractivity contribution is 5.81. The van der Waals surface area contributed by atoms with Crippen LogP contribution in [0.3, 0.4) is 0 Å². The molecule has 0 bridgehead atoms. The third-order valence-corrected chi connectivity index (χ3v) is 4.30. The number of methoxy groups -OCH3 is 1. The first kappa shape index (κ1) is 15.8. The summed E-state index contributed by atoms with van der Waals surface area (Å²) >= 11 is 0. The van der Waals surface area contributed by atoms with Crippen molar-refractivity contribution < 1.29 is 18.7 Å². The molecule has 1 aromatic rings. The molecule has 0 aromatic heterocycles. The summed E-state index contributed by atoms with van der Waals surface area (Å²) < 4.78 is 23.6. The van der Waals surface area contributed by atoms with Crippen molar-refractivity contribution in [1.82, 2.24) is 0 Å². The van der Waals surface area contributed by atoms with Crippen molar-refractivity contribution in [2.75, 3.05) is 13.7 Å². The van der Waals surface area contributed by atoms with Gasteiger partial charge in [-0.2, -0.15) is 0 Å². The van der Waals surface area contributed by atoms with E-state index < -0.39 is 5.54 Å². The number of hydrogen-bond acceptors (Lipinski definition) is 4. The molecule has 116 valence electrons. The molecule has 1 fully saturated rings. The summed E-state index contributed by atoms with van der Waals surface area (Å²) in [5.41, 5.74) is 5.86. The molecule has 0 radical (unpaired) electrons. The predicted octanol–water partition coefficient (Wildman–Crippen LogP) is 2.57. The van der Waals surface area contributed by atoms with E-state index in [2.05, 4.69) is 0 Å². The van der Waals surface area contributed by atoms with Crippen molar-refractivity contribution in [2.45, 2.75) is 38.1 Å². The van der Waals surface area contributed by atoms with E-state index in [4.69, 9.17) is 15.2 Å². The van der Waals surface area contributed by atoms with Gasteiger partial charge < -0.3 is 15.2 Å². The summed E-state index contributed by atoms with van der Waals surface area (Å²) in [4.78, 5) is 11.8. The van der Waals surface area contributed by atoms with Crippen molar-refractivity contribution in [3.05, 3.63) is 29.6 Å². The smallest absolute Gasteiger partial charge is 0.326 e. The van der Waals surface area contributed by atoms with Crippen molar-refractivity contribution in [3.63, 3.8) is 0 Å². The standard InChI is InChI=1S/C16H22FNO3/c1-11-10-13(5-6-14(11)17)21-9-7-12-4-3-8-16(12,18)15(19)20-2/h5-6,10,12H,3-4,7-9,18H2,1-2H3. The number of carbonyl (C=O) groups is 1. The highest BCUT2D eigenvalue weighted by Crippen LogP contribution is 2.37. The van der Waals surface area contributed by atoms with Crippen LogP contribution in [-0.4, -0.2) is 25.2 Å². The summed E-state index contributed by atoms with van der Waals surface area (Å²) in [6, 6.07) is 4.66. The van der Waals surface area contributed by atoms with Crippen molar-refractivity contribution in [3.8, 4) is 5.75 Å². The van der Waals surface area contributed by atoms with Crippen LogP contribution < -0.4 is 10.5 Å². The Labute approximate surface area is 124 Å². The molecule has 21 heavy (non-hydrogen) atoms. The lowest BCUT2D eigenvalue weighted by molar-refractivity contribution is -0.148. The van der Waals surface area contributed by atoms with Gasteiger partial charge in [0, 0.05) is 0 Å². The monoisotopic (exact) mass is 295 g/mol. The summed E-state index contributed by atoms with van der Waals surface area (Å²) in [5.74, 6) is 0.103. The molecule has 0 aliphatic heterocycles. The first-order valence-corrected chi connectivity index (χ1v) is 7.23. The molecule has 2 atom stereocenters. The van der Waals surface area contributed by atoms with E-state index >= 15 is 0 Å². The summed E-state index contributed by atoms with van der Waals surface area (Å²) in [6.45, 7) is 2.15. The lowest BCUT2D eigenvalue weighted by Gasteiger charge is -2.28. The number of rotatable bonds is 5. The second-order valence-corrected chi connectivity index (χ2v) is 5.67. The van der Waals surface area contributed by atoms with E-state index in [9.17, 15) is 9.18 Å². The first-order valence-electron chi connectivity index (χ1n) is 7.23. The molecule has 4 nitrogen and oxygen atoms in total. The normalized spacial score (nSPS) is 24.9. The van der Waals surface area contributed by atoms with Crippen LogP contribution in [0.15, 0.2) is 18.2 Å². The first-order chi connectivity index (χ1) is 9.97. The van der Waals surface area contributed by atoms with Gasteiger partial charge in [0.2, 0.25) is 0 Å². The minimum atomic E-state index is -0.892. The average molecular weight is 295 g/mol. The number of ether oxygens (including phenoxy) is 2. The highest BCUT2D eigenvalue weighted by Gasteiger charge is 2.46. The van der Waals surface area contributed by atoms with Crippen LogP contribution in [-0.2, 0) is 9.53 Å². The van der Waals surface area contributed by atoms with Gasteiger partial charge in [-0.05, 0) is 55.9 Å². The fourth-order valence-electron chi connectivity index (χ4n) is 2.99. The van der Waals surface area contributed by atoms with E-state index in [0.717, 1.165) is 12.8 Å². The zero-order chi connectivity index (χ0) is 15.5. The molecule has 2 N–H and O–H groups in total. The molecule has 1 aliphatic rings. The van der Waals surface area contributed by atoms with E-state index in [1.165, 1.54) is 13.2 Å². The number of esters is 1. The molecule has 0 saturated heterocycles. The third-order valence-electron chi connectivity index (χ3n) is 4.30. The van der Waals surface area contributed by atoms with Gasteiger partial charge in [0.15, 0.2) is 0 Å². The molecule has 5 heteroatoms. The van der Waals surface area contributed by atoms with E-state index in [0.29, 0.717) is 30.8 Å². The minimum Gasteiger partial charge on any atom is -0.494 e. The Morgan fingerprint density at radius 1 is 1.52 bits per heavy atom. The highest BCUT2D eigenvalue weighted by atomic mass is 19.1. The van der Waals surface area contributed by atoms with Crippen molar-refractivity contribution in [1.29, 1.82) is 0 Å². The predicted molar refractivity (Wildman–Crippen MR) is 77.5 cm³/mol. The van der Waals surface area contributed by atoms with Gasteiger partial charge in [0.1, 0.15) is 17.1 Å². The number of carbonyl (C=O) groups excluding carboxylic acids is 1. The van der Waals surface area contributed by atoms with Crippen LogP contribution in [0.25, 0.3) is 0 Å². The molecule has 1 aliphatic carbocycles. The van der Waals surface area contributed by atoms with Crippen LogP contribution in [0.4, 0.5) is 4.39 Å². The topological polar surface area (TPSA) is 61.5 Å². The van der Waals surface area contributed by atoms with Gasteiger partial charge in [0.25, 0.3) is 0 Å². The second-order valence-electron chi connectivity index (χ2n) is 5.67. The fraction of sp³-hybridized carbons (Fsp3) is 0.562. The minimum absolute atomic E-state index is 0.0616. The van der Waals surface area contributed by atoms with Gasteiger partial charge in [-0.15, -0.1) is 0 Å². The Kier molecular flexibility index (Phi) is 4.83. The SMILES string of the molecule is COC(=O)C1(N)CCCC1CCOc1ccc(F)c(C)c1. The average Bonchev–Trinajstić information content (AvgIpc) is 2.84. The molecule has 1 saturated carbocycles. The Balaban J connectivity index is 1.90. The van der Waals surface area contributed by atoms with Crippen LogP contribution in [0, 0.1) is 18.7 Å². The quantitative estimate of drug-likeness (QED) is 0.848. The molecular weight excluding hydrogens is 273 g/mol. The number of benzene rings is 1. The number of aryl methyl sites for hydroxylation is 1. The summed E-state index contributed by atoms with van der Waals surface area (Å²) in [7, 11) is 1.37. The van der Waals surface area contributed by atoms with Gasteiger partial charge in [0.05, 0.1) is 13.7 Å². The number of hydrogen-bond donors (Lipinski definition) is 1. The largest absolute Gasteiger partial charge is 0.494 e. The van der Waals surface area contributed by atoms with Crippen LogP contribution >= 0.6 is 0 Å². The van der Waals surface area contributed by atoms with Crippen LogP contribution in [0.1, 0.15) is 31.2 Å². The zero-order valence-electron chi connectivity index (χ0n) is 12.5. The molecule has 0 heterocycles. The van der Waals surface area contributed by atoms with E-state index in [1.54, 1.807) is 19.1 Å². The molecule has 0 spiro atoms. The summed E-state index contributed by atoms with van der Waals surface area (Å²) in [6.07, 6.45) is 3.16. The molecule has 2 rings (SSSR count). The maximum atomic E-state index is 13.2. The molecule has 2 unspecified atom stereocenters. The van der Waals surface area contributed by atoms with E-state index in [-0.39, 0.29) is 17.7 Å². The zero-order valence-corrected chi connectivity index (χ0v) is 12.5. The molecule has 1 aromatic carbocycles. The van der Waals surface area contributed by atoms with Gasteiger partial charge in [-0.25, -0.2) is 4.39 Å².